The molecule has 1 fully saturated rings. The molecule has 4 nitrogen and oxygen atoms in total. The van der Waals surface area contributed by atoms with Crippen LogP contribution < -0.4 is 0 Å². The lowest BCUT2D eigenvalue weighted by Gasteiger charge is -2.33. The number of sulfonamides is 1. The molecule has 1 rings (SSSR count). The number of alkyl halides is 1. The van der Waals surface area contributed by atoms with Crippen LogP contribution in [-0.4, -0.2) is 62.0 Å². The highest BCUT2D eigenvalue weighted by Crippen LogP contribution is 2.07. The van der Waals surface area contributed by atoms with Gasteiger partial charge < -0.3 is 4.90 Å². The Morgan fingerprint density at radius 3 is 2.21 bits per heavy atom. The van der Waals surface area contributed by atoms with Gasteiger partial charge in [0.05, 0.1) is 5.75 Å². The first-order valence-electron chi connectivity index (χ1n) is 4.86. The Morgan fingerprint density at radius 1 is 1.21 bits per heavy atom. The SMILES string of the molecule is CCN1CCN(S(=O)(=O)CCCl)CC1. The third-order valence-corrected chi connectivity index (χ3v) is 4.79. The van der Waals surface area contributed by atoms with Crippen LogP contribution in [0.2, 0.25) is 0 Å². The molecule has 0 aromatic heterocycles. The van der Waals surface area contributed by atoms with Gasteiger partial charge in [0.2, 0.25) is 10.0 Å². The summed E-state index contributed by atoms with van der Waals surface area (Å²) in [5.74, 6) is 0.233. The Morgan fingerprint density at radius 2 is 1.79 bits per heavy atom. The van der Waals surface area contributed by atoms with Crippen molar-refractivity contribution in [3.8, 4) is 0 Å². The largest absolute Gasteiger partial charge is 0.301 e. The van der Waals surface area contributed by atoms with Crippen molar-refractivity contribution in [2.75, 3.05) is 44.4 Å². The van der Waals surface area contributed by atoms with Crippen molar-refractivity contribution < 1.29 is 8.42 Å². The van der Waals surface area contributed by atoms with E-state index < -0.39 is 10.0 Å². The van der Waals surface area contributed by atoms with Crippen LogP contribution in [0, 0.1) is 0 Å². The monoisotopic (exact) mass is 240 g/mol. The molecule has 0 N–H and O–H groups in total. The molecular formula is C8H17ClN2O2S. The van der Waals surface area contributed by atoms with Crippen LogP contribution in [0.25, 0.3) is 0 Å². The maximum absolute atomic E-state index is 11.6. The van der Waals surface area contributed by atoms with Gasteiger partial charge in [-0.05, 0) is 6.54 Å². The van der Waals surface area contributed by atoms with E-state index in [1.165, 1.54) is 0 Å². The van der Waals surface area contributed by atoms with Gasteiger partial charge in [0.1, 0.15) is 0 Å². The average molecular weight is 241 g/mol. The van der Waals surface area contributed by atoms with Crippen LogP contribution >= 0.6 is 11.6 Å². The fourth-order valence-corrected chi connectivity index (χ4v) is 3.31. The van der Waals surface area contributed by atoms with Gasteiger partial charge in [-0.1, -0.05) is 6.92 Å². The molecule has 1 saturated heterocycles. The fraction of sp³-hybridized carbons (Fsp3) is 1.00. The molecule has 0 radical (unpaired) electrons. The molecule has 0 aromatic carbocycles. The van der Waals surface area contributed by atoms with Gasteiger partial charge in [-0.2, -0.15) is 4.31 Å². The Hall–Kier alpha value is 0.160. The molecule has 0 bridgehead atoms. The van der Waals surface area contributed by atoms with Crippen LogP contribution in [0.3, 0.4) is 0 Å². The van der Waals surface area contributed by atoms with Crippen LogP contribution in [-0.2, 0) is 10.0 Å². The molecule has 0 aliphatic carbocycles. The standard InChI is InChI=1S/C8H17ClN2O2S/c1-2-10-4-6-11(7-5-10)14(12,13)8-3-9/h2-8H2,1H3. The third-order valence-electron chi connectivity index (χ3n) is 2.51. The van der Waals surface area contributed by atoms with E-state index in [2.05, 4.69) is 11.8 Å². The van der Waals surface area contributed by atoms with E-state index in [9.17, 15) is 8.42 Å². The van der Waals surface area contributed by atoms with E-state index in [1.54, 1.807) is 4.31 Å². The van der Waals surface area contributed by atoms with Gasteiger partial charge >= 0.3 is 0 Å². The summed E-state index contributed by atoms with van der Waals surface area (Å²) in [5.41, 5.74) is 0. The fourth-order valence-electron chi connectivity index (χ4n) is 1.55. The molecule has 1 aliphatic rings. The van der Waals surface area contributed by atoms with E-state index in [0.29, 0.717) is 13.1 Å². The minimum absolute atomic E-state index is 0.0562. The molecule has 0 spiro atoms. The Balaban J connectivity index is 2.49. The lowest BCUT2D eigenvalue weighted by atomic mass is 10.4. The van der Waals surface area contributed by atoms with Gasteiger partial charge in [-0.3, -0.25) is 0 Å². The zero-order valence-corrected chi connectivity index (χ0v) is 10.0. The summed E-state index contributed by atoms with van der Waals surface area (Å²) < 4.78 is 24.8. The van der Waals surface area contributed by atoms with Crippen molar-refractivity contribution in [2.45, 2.75) is 6.92 Å². The number of piperazine rings is 1. The van der Waals surface area contributed by atoms with E-state index in [-0.39, 0.29) is 11.6 Å². The van der Waals surface area contributed by atoms with Crippen molar-refractivity contribution in [2.24, 2.45) is 0 Å². The molecule has 84 valence electrons. The third kappa shape index (κ3) is 3.08. The molecular weight excluding hydrogens is 224 g/mol. The maximum Gasteiger partial charge on any atom is 0.215 e. The van der Waals surface area contributed by atoms with Crippen LogP contribution in [0.1, 0.15) is 6.92 Å². The van der Waals surface area contributed by atoms with E-state index >= 15 is 0 Å². The van der Waals surface area contributed by atoms with E-state index in [1.807, 2.05) is 0 Å². The van der Waals surface area contributed by atoms with Crippen molar-refractivity contribution in [1.29, 1.82) is 0 Å². The quantitative estimate of drug-likeness (QED) is 0.659. The van der Waals surface area contributed by atoms with E-state index in [0.717, 1.165) is 19.6 Å². The molecule has 0 amide bonds. The lowest BCUT2D eigenvalue weighted by molar-refractivity contribution is 0.196. The first kappa shape index (κ1) is 12.2. The number of likely N-dealkylation sites (N-methyl/N-ethyl adjacent to an activating group) is 1. The number of nitrogens with zero attached hydrogens (tertiary/aromatic N) is 2. The smallest absolute Gasteiger partial charge is 0.215 e. The van der Waals surface area contributed by atoms with Gasteiger partial charge in [-0.15, -0.1) is 11.6 Å². The summed E-state index contributed by atoms with van der Waals surface area (Å²) in [4.78, 5) is 2.24. The number of halogens is 1. The van der Waals surface area contributed by atoms with Gasteiger partial charge in [-0.25, -0.2) is 8.42 Å². The summed E-state index contributed by atoms with van der Waals surface area (Å²) in [7, 11) is -3.09. The van der Waals surface area contributed by atoms with Gasteiger partial charge in [0.25, 0.3) is 0 Å². The highest BCUT2D eigenvalue weighted by Gasteiger charge is 2.25. The average Bonchev–Trinajstić information content (AvgIpc) is 2.18. The van der Waals surface area contributed by atoms with E-state index in [4.69, 9.17) is 11.6 Å². The molecule has 14 heavy (non-hydrogen) atoms. The van der Waals surface area contributed by atoms with Crippen molar-refractivity contribution >= 4 is 21.6 Å². The predicted octanol–water partition coefficient (Wildman–Crippen LogP) is 0.192. The molecule has 0 unspecified atom stereocenters. The molecule has 0 aromatic rings. The number of hydrogen-bond donors (Lipinski definition) is 0. The normalized spacial score (nSPS) is 21.3. The summed E-state index contributed by atoms with van der Waals surface area (Å²) in [6.45, 7) is 5.95. The Labute approximate surface area is 90.9 Å². The Bertz CT molecular complexity index is 261. The summed E-state index contributed by atoms with van der Waals surface area (Å²) in [5, 5.41) is 0. The number of rotatable bonds is 4. The van der Waals surface area contributed by atoms with Crippen molar-refractivity contribution in [3.63, 3.8) is 0 Å². The maximum atomic E-state index is 11.6. The van der Waals surface area contributed by atoms with Crippen LogP contribution in [0.4, 0.5) is 0 Å². The lowest BCUT2D eigenvalue weighted by Crippen LogP contribution is -2.49. The number of hydrogen-bond acceptors (Lipinski definition) is 3. The molecule has 1 heterocycles. The molecule has 6 heteroatoms. The highest BCUT2D eigenvalue weighted by molar-refractivity contribution is 7.89. The van der Waals surface area contributed by atoms with Crippen LogP contribution in [0.15, 0.2) is 0 Å². The Kier molecular flexibility index (Phi) is 4.63. The van der Waals surface area contributed by atoms with Gasteiger partial charge in [0, 0.05) is 32.1 Å². The minimum atomic E-state index is -3.09. The first-order chi connectivity index (χ1) is 6.60. The topological polar surface area (TPSA) is 40.6 Å². The highest BCUT2D eigenvalue weighted by atomic mass is 35.5. The molecule has 0 atom stereocenters. The zero-order chi connectivity index (χ0) is 10.6. The predicted molar refractivity (Wildman–Crippen MR) is 58.2 cm³/mol. The van der Waals surface area contributed by atoms with Gasteiger partial charge in [0.15, 0.2) is 0 Å². The minimum Gasteiger partial charge on any atom is -0.301 e. The second-order valence-electron chi connectivity index (χ2n) is 3.34. The van der Waals surface area contributed by atoms with Crippen molar-refractivity contribution in [3.05, 3.63) is 0 Å². The molecule has 0 saturated carbocycles. The second-order valence-corrected chi connectivity index (χ2v) is 5.80. The summed E-state index contributed by atoms with van der Waals surface area (Å²) in [6.07, 6.45) is 0. The summed E-state index contributed by atoms with van der Waals surface area (Å²) in [6, 6.07) is 0. The molecule has 1 aliphatic heterocycles. The van der Waals surface area contributed by atoms with Crippen molar-refractivity contribution in [1.82, 2.24) is 9.21 Å². The second kappa shape index (κ2) is 5.30. The first-order valence-corrected chi connectivity index (χ1v) is 7.00. The zero-order valence-electron chi connectivity index (χ0n) is 8.45. The van der Waals surface area contributed by atoms with Crippen LogP contribution in [0.5, 0.6) is 0 Å². The summed E-state index contributed by atoms with van der Waals surface area (Å²) >= 11 is 5.44.